The van der Waals surface area contributed by atoms with E-state index in [2.05, 4.69) is 26.5 Å². The molecule has 0 saturated carbocycles. The van der Waals surface area contributed by atoms with Crippen molar-refractivity contribution in [3.63, 3.8) is 0 Å². The predicted octanol–water partition coefficient (Wildman–Crippen LogP) is 2.94. The first-order valence-corrected chi connectivity index (χ1v) is 11.6. The summed E-state index contributed by atoms with van der Waals surface area (Å²) in [5.74, 6) is -0.423. The molecule has 2 aliphatic rings. The van der Waals surface area contributed by atoms with Gasteiger partial charge in [0.05, 0.1) is 29.9 Å². The number of carbonyl (C=O) groups excluding carboxylic acids is 2. The summed E-state index contributed by atoms with van der Waals surface area (Å²) in [6, 6.07) is 18.4. The number of esters is 1. The second-order valence-corrected chi connectivity index (χ2v) is 8.33. The van der Waals surface area contributed by atoms with Crippen LogP contribution < -0.4 is 15.5 Å². The molecule has 2 heterocycles. The summed E-state index contributed by atoms with van der Waals surface area (Å²) in [7, 11) is 0. The van der Waals surface area contributed by atoms with Gasteiger partial charge in [0.25, 0.3) is 0 Å². The van der Waals surface area contributed by atoms with E-state index in [1.807, 2.05) is 54.6 Å². The number of amides is 2. The van der Waals surface area contributed by atoms with Gasteiger partial charge in [0.1, 0.15) is 0 Å². The summed E-state index contributed by atoms with van der Waals surface area (Å²) < 4.78 is 5.37. The van der Waals surface area contributed by atoms with E-state index in [1.165, 1.54) is 0 Å². The number of benzene rings is 2. The molecule has 2 aromatic rings. The minimum absolute atomic E-state index is 0.258. The molecule has 2 amide bonds. The van der Waals surface area contributed by atoms with Gasteiger partial charge >= 0.3 is 12.0 Å². The van der Waals surface area contributed by atoms with Gasteiger partial charge in [-0.3, -0.25) is 4.90 Å². The summed E-state index contributed by atoms with van der Waals surface area (Å²) in [5, 5.41) is 14.8. The van der Waals surface area contributed by atoms with Crippen LogP contribution in [0.1, 0.15) is 30.5 Å². The average molecular weight is 460 g/mol. The predicted molar refractivity (Wildman–Crippen MR) is 129 cm³/mol. The standard InChI is InChI=1S/C26H29N5O3/c1-2-34-25(32)23-22(28-26(33)29-24(23)20-7-4-3-5-8-20)18-30-13-6-14-31(16-15-30)21-11-9-19(17-27)10-12-21/h3-5,7-12,24H,2,6,13-16,18H2,1H3,(H2,28,29,33). The van der Waals surface area contributed by atoms with E-state index in [4.69, 9.17) is 10.00 Å². The molecule has 0 aromatic heterocycles. The van der Waals surface area contributed by atoms with Gasteiger partial charge in [0, 0.05) is 44.1 Å². The molecule has 0 bridgehead atoms. The summed E-state index contributed by atoms with van der Waals surface area (Å²) in [4.78, 5) is 30.1. The maximum atomic E-state index is 13.0. The largest absolute Gasteiger partial charge is 0.463 e. The lowest BCUT2D eigenvalue weighted by Crippen LogP contribution is -2.48. The highest BCUT2D eigenvalue weighted by Gasteiger charge is 2.34. The van der Waals surface area contributed by atoms with E-state index in [-0.39, 0.29) is 12.6 Å². The van der Waals surface area contributed by atoms with Crippen molar-refractivity contribution in [2.75, 3.05) is 44.2 Å². The Kier molecular flexibility index (Phi) is 7.45. The van der Waals surface area contributed by atoms with E-state index >= 15 is 0 Å². The van der Waals surface area contributed by atoms with Crippen LogP contribution in [-0.4, -0.2) is 56.2 Å². The van der Waals surface area contributed by atoms with E-state index in [9.17, 15) is 9.59 Å². The lowest BCUT2D eigenvalue weighted by atomic mass is 9.95. The Morgan fingerprint density at radius 1 is 1.09 bits per heavy atom. The third-order valence-corrected chi connectivity index (χ3v) is 6.11. The molecule has 4 rings (SSSR count). The lowest BCUT2D eigenvalue weighted by Gasteiger charge is -2.32. The van der Waals surface area contributed by atoms with Crippen molar-refractivity contribution < 1.29 is 14.3 Å². The zero-order valence-electron chi connectivity index (χ0n) is 19.3. The first-order chi connectivity index (χ1) is 16.6. The minimum Gasteiger partial charge on any atom is -0.463 e. The van der Waals surface area contributed by atoms with Gasteiger partial charge in [-0.1, -0.05) is 30.3 Å². The molecular weight excluding hydrogens is 430 g/mol. The fraction of sp³-hybridized carbons (Fsp3) is 0.346. The number of hydrogen-bond donors (Lipinski definition) is 2. The van der Waals surface area contributed by atoms with Crippen molar-refractivity contribution in [1.29, 1.82) is 5.26 Å². The number of rotatable bonds is 6. The molecule has 8 nitrogen and oxygen atoms in total. The van der Waals surface area contributed by atoms with Gasteiger partial charge in [0.2, 0.25) is 0 Å². The number of hydrogen-bond acceptors (Lipinski definition) is 6. The van der Waals surface area contributed by atoms with Crippen molar-refractivity contribution in [2.24, 2.45) is 0 Å². The number of anilines is 1. The van der Waals surface area contributed by atoms with Crippen LogP contribution in [0.15, 0.2) is 65.9 Å². The molecule has 0 spiro atoms. The Hall–Kier alpha value is -3.83. The first kappa shape index (κ1) is 23.3. The number of nitriles is 1. The van der Waals surface area contributed by atoms with E-state index in [0.717, 1.165) is 43.9 Å². The van der Waals surface area contributed by atoms with Crippen LogP contribution in [-0.2, 0) is 9.53 Å². The van der Waals surface area contributed by atoms with Crippen molar-refractivity contribution in [3.8, 4) is 6.07 Å². The molecule has 0 radical (unpaired) electrons. The van der Waals surface area contributed by atoms with Gasteiger partial charge in [0.15, 0.2) is 0 Å². The molecule has 176 valence electrons. The highest BCUT2D eigenvalue weighted by atomic mass is 16.5. The molecular formula is C26H29N5O3. The first-order valence-electron chi connectivity index (χ1n) is 11.6. The number of urea groups is 1. The van der Waals surface area contributed by atoms with Crippen LogP contribution in [0.5, 0.6) is 0 Å². The quantitative estimate of drug-likeness (QED) is 0.645. The Labute approximate surface area is 199 Å². The van der Waals surface area contributed by atoms with Gasteiger partial charge < -0.3 is 20.3 Å². The summed E-state index contributed by atoms with van der Waals surface area (Å²) in [5.41, 5.74) is 3.60. The fourth-order valence-corrected chi connectivity index (χ4v) is 4.45. The molecule has 1 fully saturated rings. The summed E-state index contributed by atoms with van der Waals surface area (Å²) in [6.07, 6.45) is 0.941. The third-order valence-electron chi connectivity index (χ3n) is 6.11. The highest BCUT2D eigenvalue weighted by molar-refractivity contribution is 5.95. The monoisotopic (exact) mass is 459 g/mol. The van der Waals surface area contributed by atoms with Crippen LogP contribution in [0.3, 0.4) is 0 Å². The van der Waals surface area contributed by atoms with Gasteiger partial charge in [-0.05, 0) is 43.2 Å². The molecule has 0 aliphatic carbocycles. The minimum atomic E-state index is -0.564. The van der Waals surface area contributed by atoms with Crippen LogP contribution in [0.4, 0.5) is 10.5 Å². The summed E-state index contributed by atoms with van der Waals surface area (Å²) in [6.45, 7) is 5.80. The fourth-order valence-electron chi connectivity index (χ4n) is 4.45. The molecule has 2 N–H and O–H groups in total. The second-order valence-electron chi connectivity index (χ2n) is 8.33. The van der Waals surface area contributed by atoms with E-state index in [0.29, 0.717) is 23.4 Å². The van der Waals surface area contributed by atoms with E-state index < -0.39 is 12.0 Å². The molecule has 1 saturated heterocycles. The molecule has 34 heavy (non-hydrogen) atoms. The second kappa shape index (κ2) is 10.9. The number of carbonyl (C=O) groups is 2. The van der Waals surface area contributed by atoms with Crippen LogP contribution in [0, 0.1) is 11.3 Å². The topological polar surface area (TPSA) is 97.7 Å². The number of ether oxygens (including phenoxy) is 1. The van der Waals surface area contributed by atoms with Crippen molar-refractivity contribution in [3.05, 3.63) is 77.0 Å². The SMILES string of the molecule is CCOC(=O)C1=C(CN2CCCN(c3ccc(C#N)cc3)CC2)NC(=O)NC1c1ccccc1. The Balaban J connectivity index is 1.55. The lowest BCUT2D eigenvalue weighted by molar-refractivity contribution is -0.139. The van der Waals surface area contributed by atoms with Crippen LogP contribution in [0.25, 0.3) is 0 Å². The molecule has 1 unspecified atom stereocenters. The number of nitrogens with zero attached hydrogens (tertiary/aromatic N) is 3. The van der Waals surface area contributed by atoms with Crippen molar-refractivity contribution >= 4 is 17.7 Å². The molecule has 1 atom stereocenters. The van der Waals surface area contributed by atoms with Crippen LogP contribution in [0.2, 0.25) is 0 Å². The normalized spacial score (nSPS) is 19.0. The van der Waals surface area contributed by atoms with Gasteiger partial charge in [-0.15, -0.1) is 0 Å². The Morgan fingerprint density at radius 3 is 2.56 bits per heavy atom. The van der Waals surface area contributed by atoms with Crippen molar-refractivity contribution in [2.45, 2.75) is 19.4 Å². The van der Waals surface area contributed by atoms with Gasteiger partial charge in [-0.25, -0.2) is 9.59 Å². The summed E-state index contributed by atoms with van der Waals surface area (Å²) >= 11 is 0. The van der Waals surface area contributed by atoms with Crippen LogP contribution >= 0.6 is 0 Å². The highest BCUT2D eigenvalue weighted by Crippen LogP contribution is 2.28. The maximum absolute atomic E-state index is 13.0. The zero-order chi connectivity index (χ0) is 23.9. The van der Waals surface area contributed by atoms with Crippen molar-refractivity contribution in [1.82, 2.24) is 15.5 Å². The molecule has 8 heteroatoms. The zero-order valence-corrected chi connectivity index (χ0v) is 19.3. The maximum Gasteiger partial charge on any atom is 0.338 e. The Bertz CT molecular complexity index is 1090. The van der Waals surface area contributed by atoms with E-state index in [1.54, 1.807) is 6.92 Å². The third kappa shape index (κ3) is 5.38. The Morgan fingerprint density at radius 2 is 1.85 bits per heavy atom. The molecule has 2 aromatic carbocycles. The average Bonchev–Trinajstić information content (AvgIpc) is 3.10. The smallest absolute Gasteiger partial charge is 0.338 e. The van der Waals surface area contributed by atoms with Gasteiger partial charge in [-0.2, -0.15) is 5.26 Å². The molecule has 2 aliphatic heterocycles. The number of nitrogens with one attached hydrogen (secondary N) is 2.